The van der Waals surface area contributed by atoms with Gasteiger partial charge in [0.05, 0.1) is 0 Å². The quantitative estimate of drug-likeness (QED) is 0.671. The molecule has 0 spiro atoms. The van der Waals surface area contributed by atoms with Crippen molar-refractivity contribution in [3.63, 3.8) is 0 Å². The minimum absolute atomic E-state index is 0.0299. The summed E-state index contributed by atoms with van der Waals surface area (Å²) in [4.78, 5) is 16.0. The molecule has 1 fully saturated rings. The highest BCUT2D eigenvalue weighted by molar-refractivity contribution is 5.96. The van der Waals surface area contributed by atoms with E-state index >= 15 is 0 Å². The van der Waals surface area contributed by atoms with Crippen LogP contribution in [0.2, 0.25) is 0 Å². The van der Waals surface area contributed by atoms with E-state index in [1.165, 1.54) is 10.9 Å². The van der Waals surface area contributed by atoms with Gasteiger partial charge in [-0.05, 0) is 48.6 Å². The number of para-hydroxylation sites is 1. The highest BCUT2D eigenvalue weighted by atomic mass is 16.1. The number of aromatic nitrogens is 1. The number of benzene rings is 2. The van der Waals surface area contributed by atoms with Gasteiger partial charge in [0, 0.05) is 35.8 Å². The largest absolute Gasteiger partial charge is 0.361 e. The van der Waals surface area contributed by atoms with Crippen LogP contribution < -0.4 is 10.6 Å². The topological polar surface area (TPSA) is 56.9 Å². The first-order chi connectivity index (χ1) is 12.3. The fraction of sp³-hybridized carbons (Fsp3) is 0.286. The Morgan fingerprint density at radius 2 is 1.96 bits per heavy atom. The number of aromatic amines is 1. The molecule has 0 saturated carbocycles. The normalized spacial score (nSPS) is 17.0. The van der Waals surface area contributed by atoms with Gasteiger partial charge >= 0.3 is 0 Å². The maximum absolute atomic E-state index is 12.7. The second-order valence-electron chi connectivity index (χ2n) is 6.64. The number of carbonyl (C=O) groups excluding carboxylic acids is 1. The molecule has 25 heavy (non-hydrogen) atoms. The lowest BCUT2D eigenvalue weighted by molar-refractivity contribution is 0.0953. The zero-order valence-electron chi connectivity index (χ0n) is 14.2. The Morgan fingerprint density at radius 1 is 1.12 bits per heavy atom. The first-order valence-corrected chi connectivity index (χ1v) is 8.96. The maximum Gasteiger partial charge on any atom is 0.251 e. The van der Waals surface area contributed by atoms with E-state index < -0.39 is 0 Å². The zero-order valence-corrected chi connectivity index (χ0v) is 14.2. The van der Waals surface area contributed by atoms with E-state index in [0.717, 1.165) is 42.6 Å². The third kappa shape index (κ3) is 3.30. The SMILES string of the molecule is O=C(NCCc1c[nH]c2ccccc12)c1ccccc1[C@H]1CCNC1. The molecule has 4 rings (SSSR count). The van der Waals surface area contributed by atoms with Crippen molar-refractivity contribution < 1.29 is 4.79 Å². The number of amides is 1. The number of hydrogen-bond donors (Lipinski definition) is 3. The molecular weight excluding hydrogens is 310 g/mol. The summed E-state index contributed by atoms with van der Waals surface area (Å²) in [6.45, 7) is 2.62. The zero-order chi connectivity index (χ0) is 17.1. The second kappa shape index (κ2) is 7.11. The van der Waals surface area contributed by atoms with Gasteiger partial charge in [-0.3, -0.25) is 4.79 Å². The van der Waals surface area contributed by atoms with Crippen molar-refractivity contribution in [2.24, 2.45) is 0 Å². The standard InChI is InChI=1S/C21H23N3O/c25-21(19-7-2-1-5-17(19)15-9-11-22-13-15)23-12-10-16-14-24-20-8-4-3-6-18(16)20/h1-8,14-15,22,24H,9-13H2,(H,23,25)/t15-/m0/s1. The van der Waals surface area contributed by atoms with Crippen molar-refractivity contribution >= 4 is 16.8 Å². The lowest BCUT2D eigenvalue weighted by Gasteiger charge is -2.14. The lowest BCUT2D eigenvalue weighted by Crippen LogP contribution is -2.27. The van der Waals surface area contributed by atoms with Gasteiger partial charge < -0.3 is 15.6 Å². The molecule has 3 N–H and O–H groups in total. The molecule has 0 aliphatic carbocycles. The molecule has 2 heterocycles. The van der Waals surface area contributed by atoms with Crippen LogP contribution in [0.3, 0.4) is 0 Å². The van der Waals surface area contributed by atoms with Crippen LogP contribution in [-0.4, -0.2) is 30.5 Å². The van der Waals surface area contributed by atoms with Gasteiger partial charge in [0.1, 0.15) is 0 Å². The maximum atomic E-state index is 12.7. The van der Waals surface area contributed by atoms with Crippen LogP contribution >= 0.6 is 0 Å². The van der Waals surface area contributed by atoms with Gasteiger partial charge in [0.2, 0.25) is 0 Å². The molecule has 0 unspecified atom stereocenters. The molecule has 1 atom stereocenters. The number of fused-ring (bicyclic) bond motifs is 1. The molecule has 0 radical (unpaired) electrons. The average molecular weight is 333 g/mol. The Morgan fingerprint density at radius 3 is 2.84 bits per heavy atom. The first kappa shape index (κ1) is 15.9. The summed E-state index contributed by atoms with van der Waals surface area (Å²) in [5.74, 6) is 0.470. The summed E-state index contributed by atoms with van der Waals surface area (Å²) in [6.07, 6.45) is 3.96. The third-order valence-electron chi connectivity index (χ3n) is 5.06. The smallest absolute Gasteiger partial charge is 0.251 e. The summed E-state index contributed by atoms with van der Waals surface area (Å²) in [6, 6.07) is 16.3. The molecule has 1 amide bonds. The molecule has 128 valence electrons. The Bertz CT molecular complexity index is 877. The average Bonchev–Trinajstić information content (AvgIpc) is 3.32. The highest BCUT2D eigenvalue weighted by Crippen LogP contribution is 2.25. The van der Waals surface area contributed by atoms with Crippen LogP contribution in [0.15, 0.2) is 54.7 Å². The molecule has 1 aromatic heterocycles. The van der Waals surface area contributed by atoms with Gasteiger partial charge in [-0.2, -0.15) is 0 Å². The van der Waals surface area contributed by atoms with E-state index in [1.807, 2.05) is 36.5 Å². The fourth-order valence-electron chi connectivity index (χ4n) is 3.72. The monoisotopic (exact) mass is 333 g/mol. The van der Waals surface area contributed by atoms with Crippen molar-refractivity contribution in [2.45, 2.75) is 18.8 Å². The number of hydrogen-bond acceptors (Lipinski definition) is 2. The molecule has 4 heteroatoms. The van der Waals surface area contributed by atoms with Gasteiger partial charge in [0.15, 0.2) is 0 Å². The molecule has 1 saturated heterocycles. The van der Waals surface area contributed by atoms with E-state index in [0.29, 0.717) is 12.5 Å². The van der Waals surface area contributed by atoms with E-state index in [4.69, 9.17) is 0 Å². The fourth-order valence-corrected chi connectivity index (χ4v) is 3.72. The number of carbonyl (C=O) groups is 1. The molecule has 1 aliphatic heterocycles. The van der Waals surface area contributed by atoms with Crippen molar-refractivity contribution in [1.82, 2.24) is 15.6 Å². The molecule has 1 aliphatic rings. The van der Waals surface area contributed by atoms with Crippen LogP contribution in [0.25, 0.3) is 10.9 Å². The minimum atomic E-state index is 0.0299. The number of nitrogens with one attached hydrogen (secondary N) is 3. The predicted molar refractivity (Wildman–Crippen MR) is 101 cm³/mol. The third-order valence-corrected chi connectivity index (χ3v) is 5.06. The van der Waals surface area contributed by atoms with E-state index in [2.05, 4.69) is 33.8 Å². The lowest BCUT2D eigenvalue weighted by atomic mass is 9.93. The summed E-state index contributed by atoms with van der Waals surface area (Å²) >= 11 is 0. The van der Waals surface area contributed by atoms with Crippen LogP contribution in [0.4, 0.5) is 0 Å². The van der Waals surface area contributed by atoms with E-state index in [1.54, 1.807) is 0 Å². The summed E-state index contributed by atoms with van der Waals surface area (Å²) < 4.78 is 0. The molecule has 2 aromatic carbocycles. The molecular formula is C21H23N3O. The number of rotatable bonds is 5. The Balaban J connectivity index is 1.43. The van der Waals surface area contributed by atoms with Crippen molar-refractivity contribution in [3.05, 3.63) is 71.4 Å². The van der Waals surface area contributed by atoms with Gasteiger partial charge in [-0.15, -0.1) is 0 Å². The van der Waals surface area contributed by atoms with Crippen molar-refractivity contribution in [2.75, 3.05) is 19.6 Å². The van der Waals surface area contributed by atoms with Crippen LogP contribution in [0.5, 0.6) is 0 Å². The molecule has 0 bridgehead atoms. The van der Waals surface area contributed by atoms with E-state index in [9.17, 15) is 4.79 Å². The highest BCUT2D eigenvalue weighted by Gasteiger charge is 2.21. The molecule has 4 nitrogen and oxygen atoms in total. The minimum Gasteiger partial charge on any atom is -0.361 e. The van der Waals surface area contributed by atoms with Crippen LogP contribution in [0.1, 0.15) is 33.8 Å². The van der Waals surface area contributed by atoms with Gasteiger partial charge in [0.25, 0.3) is 5.91 Å². The summed E-state index contributed by atoms with van der Waals surface area (Å²) in [5.41, 5.74) is 4.36. The van der Waals surface area contributed by atoms with Crippen LogP contribution in [0, 0.1) is 0 Å². The van der Waals surface area contributed by atoms with Crippen molar-refractivity contribution in [3.8, 4) is 0 Å². The van der Waals surface area contributed by atoms with Gasteiger partial charge in [-0.25, -0.2) is 0 Å². The first-order valence-electron chi connectivity index (χ1n) is 8.96. The summed E-state index contributed by atoms with van der Waals surface area (Å²) in [7, 11) is 0. The Labute approximate surface area is 147 Å². The van der Waals surface area contributed by atoms with Gasteiger partial charge in [-0.1, -0.05) is 36.4 Å². The molecule has 3 aromatic rings. The Kier molecular flexibility index (Phi) is 4.53. The number of H-pyrrole nitrogens is 1. The summed E-state index contributed by atoms with van der Waals surface area (Å²) in [5, 5.41) is 7.70. The Hall–Kier alpha value is -2.59. The predicted octanol–water partition coefficient (Wildman–Crippen LogP) is 3.22. The van der Waals surface area contributed by atoms with Crippen molar-refractivity contribution in [1.29, 1.82) is 0 Å². The van der Waals surface area contributed by atoms with E-state index in [-0.39, 0.29) is 5.91 Å². The van der Waals surface area contributed by atoms with Crippen LogP contribution in [-0.2, 0) is 6.42 Å². The second-order valence-corrected chi connectivity index (χ2v) is 6.64.